The van der Waals surface area contributed by atoms with Crippen molar-refractivity contribution in [2.24, 2.45) is 7.05 Å². The molecule has 0 saturated heterocycles. The van der Waals surface area contributed by atoms with E-state index in [9.17, 15) is 9.18 Å². The van der Waals surface area contributed by atoms with Gasteiger partial charge in [-0.25, -0.2) is 9.82 Å². The van der Waals surface area contributed by atoms with Gasteiger partial charge in [-0.3, -0.25) is 19.5 Å². The Bertz CT molecular complexity index is 950. The molecular formula is C17H19FN6O3. The molecule has 1 amide bonds. The molecule has 3 aromatic rings. The van der Waals surface area contributed by atoms with E-state index in [0.29, 0.717) is 28.4 Å². The number of aryl methyl sites for hydroxylation is 2. The van der Waals surface area contributed by atoms with E-state index in [4.69, 9.17) is 9.26 Å². The number of carbonyl (C=O) groups excluding carboxylic acids is 1. The lowest BCUT2D eigenvalue weighted by Crippen LogP contribution is -2.37. The second kappa shape index (κ2) is 7.54. The van der Waals surface area contributed by atoms with Crippen molar-refractivity contribution >= 4 is 5.91 Å². The molecule has 9 nitrogen and oxygen atoms in total. The Morgan fingerprint density at radius 3 is 2.89 bits per heavy atom. The number of halogens is 1. The molecule has 0 fully saturated rings. The number of rotatable bonds is 6. The molecule has 3 heterocycles. The topological polar surface area (TPSA) is 98.3 Å². The third kappa shape index (κ3) is 3.80. The summed E-state index contributed by atoms with van der Waals surface area (Å²) in [6.45, 7) is 1.85. The minimum absolute atomic E-state index is 0.107. The van der Waals surface area contributed by atoms with E-state index in [0.717, 1.165) is 6.20 Å². The van der Waals surface area contributed by atoms with Crippen LogP contribution >= 0.6 is 0 Å². The molecule has 0 saturated carbocycles. The van der Waals surface area contributed by atoms with Gasteiger partial charge in [-0.1, -0.05) is 5.16 Å². The van der Waals surface area contributed by atoms with Crippen LogP contribution in [-0.4, -0.2) is 44.9 Å². The number of carbonyl (C=O) groups is 1. The first-order valence-corrected chi connectivity index (χ1v) is 8.10. The molecule has 10 heteroatoms. The fraction of sp³-hybridized carbons (Fsp3) is 0.294. The van der Waals surface area contributed by atoms with Gasteiger partial charge in [0.2, 0.25) is 5.88 Å². The van der Waals surface area contributed by atoms with Crippen LogP contribution < -0.4 is 10.2 Å². The van der Waals surface area contributed by atoms with Crippen LogP contribution in [0.5, 0.6) is 5.88 Å². The number of hydrazine groups is 1. The van der Waals surface area contributed by atoms with Crippen molar-refractivity contribution in [3.8, 4) is 17.3 Å². The predicted octanol–water partition coefficient (Wildman–Crippen LogP) is 1.70. The molecule has 0 aliphatic rings. The summed E-state index contributed by atoms with van der Waals surface area (Å²) in [7, 11) is 4.91. The zero-order chi connectivity index (χ0) is 19.6. The number of pyridine rings is 1. The largest absolute Gasteiger partial charge is 0.471 e. The number of hydrogen-bond donors (Lipinski definition) is 1. The fourth-order valence-electron chi connectivity index (χ4n) is 2.41. The molecule has 3 aromatic heterocycles. The lowest BCUT2D eigenvalue weighted by molar-refractivity contribution is 0.0724. The van der Waals surface area contributed by atoms with E-state index >= 15 is 0 Å². The Morgan fingerprint density at radius 2 is 2.22 bits per heavy atom. The van der Waals surface area contributed by atoms with Crippen LogP contribution in [0.25, 0.3) is 11.4 Å². The van der Waals surface area contributed by atoms with E-state index in [1.54, 1.807) is 34.1 Å². The predicted molar refractivity (Wildman–Crippen MR) is 93.1 cm³/mol. The standard InChI is InChI=1S/C17H19FN6O3/c1-10-12(16(22-27-10)13-6-5-11(18)8-20-13)9-26-15-7-14(23(3)21-15)17(25)24(4)19-2/h5-8,19H,9H2,1-4H3. The second-order valence-corrected chi connectivity index (χ2v) is 5.80. The van der Waals surface area contributed by atoms with Crippen molar-refractivity contribution in [2.45, 2.75) is 13.5 Å². The maximum Gasteiger partial charge on any atom is 0.286 e. The number of ether oxygens (including phenoxy) is 1. The number of amides is 1. The van der Waals surface area contributed by atoms with Gasteiger partial charge in [-0.2, -0.15) is 0 Å². The van der Waals surface area contributed by atoms with E-state index < -0.39 is 5.82 Å². The normalized spacial score (nSPS) is 10.9. The van der Waals surface area contributed by atoms with Crippen LogP contribution in [0.15, 0.2) is 28.9 Å². The average molecular weight is 374 g/mol. The smallest absolute Gasteiger partial charge is 0.286 e. The number of hydrogen-bond acceptors (Lipinski definition) is 7. The second-order valence-electron chi connectivity index (χ2n) is 5.80. The molecule has 0 bridgehead atoms. The number of nitrogens with zero attached hydrogens (tertiary/aromatic N) is 5. The molecule has 0 aliphatic heterocycles. The molecule has 27 heavy (non-hydrogen) atoms. The Hall–Kier alpha value is -3.27. The van der Waals surface area contributed by atoms with Gasteiger partial charge in [0.15, 0.2) is 0 Å². The highest BCUT2D eigenvalue weighted by molar-refractivity contribution is 5.92. The minimum Gasteiger partial charge on any atom is -0.471 e. The third-order valence-corrected chi connectivity index (χ3v) is 4.04. The third-order valence-electron chi connectivity index (χ3n) is 4.04. The van der Waals surface area contributed by atoms with Crippen LogP contribution in [0.4, 0.5) is 4.39 Å². The van der Waals surface area contributed by atoms with Crippen LogP contribution in [0.1, 0.15) is 21.8 Å². The van der Waals surface area contributed by atoms with Gasteiger partial charge in [0, 0.05) is 27.2 Å². The highest BCUT2D eigenvalue weighted by atomic mass is 19.1. The zero-order valence-electron chi connectivity index (χ0n) is 15.4. The lowest BCUT2D eigenvalue weighted by atomic mass is 10.1. The van der Waals surface area contributed by atoms with Gasteiger partial charge in [0.05, 0.1) is 17.5 Å². The first kappa shape index (κ1) is 18.5. The molecule has 0 aliphatic carbocycles. The van der Waals surface area contributed by atoms with Gasteiger partial charge < -0.3 is 9.26 Å². The maximum absolute atomic E-state index is 13.1. The summed E-state index contributed by atoms with van der Waals surface area (Å²) in [5.41, 5.74) is 4.71. The maximum atomic E-state index is 13.1. The van der Waals surface area contributed by atoms with Gasteiger partial charge >= 0.3 is 0 Å². The molecule has 3 rings (SSSR count). The van der Waals surface area contributed by atoms with Crippen molar-refractivity contribution in [3.63, 3.8) is 0 Å². The molecule has 0 spiro atoms. The molecule has 0 aromatic carbocycles. The summed E-state index contributed by atoms with van der Waals surface area (Å²) in [6, 6.07) is 4.36. The SMILES string of the molecule is CNN(C)C(=O)c1cc(OCc2c(-c3ccc(F)cn3)noc2C)nn1C. The van der Waals surface area contributed by atoms with E-state index in [2.05, 4.69) is 20.7 Å². The van der Waals surface area contributed by atoms with Crippen molar-refractivity contribution in [2.75, 3.05) is 14.1 Å². The van der Waals surface area contributed by atoms with Crippen LogP contribution in [-0.2, 0) is 13.7 Å². The van der Waals surface area contributed by atoms with Gasteiger partial charge in [0.25, 0.3) is 5.91 Å². The average Bonchev–Trinajstić information content (AvgIpc) is 3.21. The first-order chi connectivity index (χ1) is 12.9. The molecule has 0 radical (unpaired) electrons. The summed E-state index contributed by atoms with van der Waals surface area (Å²) in [6.07, 6.45) is 1.11. The van der Waals surface area contributed by atoms with Gasteiger partial charge in [-0.05, 0) is 19.1 Å². The number of aromatic nitrogens is 4. The zero-order valence-corrected chi connectivity index (χ0v) is 15.4. The molecule has 0 atom stereocenters. The first-order valence-electron chi connectivity index (χ1n) is 8.10. The summed E-state index contributed by atoms with van der Waals surface area (Å²) in [4.78, 5) is 16.3. The quantitative estimate of drug-likeness (QED) is 0.656. The van der Waals surface area contributed by atoms with Gasteiger partial charge in [-0.15, -0.1) is 5.10 Å². The molecule has 142 valence electrons. The number of nitrogens with one attached hydrogen (secondary N) is 1. The Labute approximate surface area is 154 Å². The molecule has 1 N–H and O–H groups in total. The van der Waals surface area contributed by atoms with E-state index in [-0.39, 0.29) is 18.4 Å². The summed E-state index contributed by atoms with van der Waals surface area (Å²) < 4.78 is 25.5. The Kier molecular flexibility index (Phi) is 5.17. The summed E-state index contributed by atoms with van der Waals surface area (Å²) in [5, 5.41) is 9.51. The molecular weight excluding hydrogens is 355 g/mol. The van der Waals surface area contributed by atoms with E-state index in [1.807, 2.05) is 0 Å². The van der Waals surface area contributed by atoms with Crippen LogP contribution in [0.3, 0.4) is 0 Å². The molecule has 0 unspecified atom stereocenters. The van der Waals surface area contributed by atoms with Crippen molar-refractivity contribution in [1.82, 2.24) is 30.4 Å². The van der Waals surface area contributed by atoms with Crippen molar-refractivity contribution < 1.29 is 18.4 Å². The lowest BCUT2D eigenvalue weighted by Gasteiger charge is -2.14. The highest BCUT2D eigenvalue weighted by Crippen LogP contribution is 2.25. The minimum atomic E-state index is -0.436. The monoisotopic (exact) mass is 374 g/mol. The van der Waals surface area contributed by atoms with E-state index in [1.165, 1.54) is 21.8 Å². The fourth-order valence-corrected chi connectivity index (χ4v) is 2.41. The Balaban J connectivity index is 1.79. The highest BCUT2D eigenvalue weighted by Gasteiger charge is 2.20. The van der Waals surface area contributed by atoms with Crippen LogP contribution in [0.2, 0.25) is 0 Å². The summed E-state index contributed by atoms with van der Waals surface area (Å²) in [5.74, 6) is 0.149. The van der Waals surface area contributed by atoms with Crippen LogP contribution in [0, 0.1) is 12.7 Å². The van der Waals surface area contributed by atoms with Gasteiger partial charge in [0.1, 0.15) is 29.6 Å². The Morgan fingerprint density at radius 1 is 1.44 bits per heavy atom. The van der Waals surface area contributed by atoms with Crippen molar-refractivity contribution in [3.05, 3.63) is 47.2 Å². The summed E-state index contributed by atoms with van der Waals surface area (Å²) >= 11 is 0. The van der Waals surface area contributed by atoms with Crippen molar-refractivity contribution in [1.29, 1.82) is 0 Å².